The van der Waals surface area contributed by atoms with Crippen molar-refractivity contribution in [3.63, 3.8) is 0 Å². The minimum absolute atomic E-state index is 0.0172. The number of fused-ring (bicyclic) bond motifs is 6. The quantitative estimate of drug-likeness (QED) is 0.300. The molecule has 3 aliphatic rings. The third-order valence-electron chi connectivity index (χ3n) is 8.77. The summed E-state index contributed by atoms with van der Waals surface area (Å²) in [5.74, 6) is 0.955. The van der Waals surface area contributed by atoms with Gasteiger partial charge in [0.2, 0.25) is 5.95 Å². The Kier molecular flexibility index (Phi) is 5.90. The number of aromatic nitrogens is 5. The zero-order valence-corrected chi connectivity index (χ0v) is 23.7. The molecule has 0 saturated heterocycles. The van der Waals surface area contributed by atoms with Crippen LogP contribution in [0.4, 0.5) is 17.3 Å². The summed E-state index contributed by atoms with van der Waals surface area (Å²) in [6.07, 6.45) is 12.5. The molecule has 0 radical (unpaired) electrons. The highest BCUT2D eigenvalue weighted by Gasteiger charge is 2.37. The van der Waals surface area contributed by atoms with Crippen LogP contribution in [0.3, 0.4) is 0 Å². The Labute approximate surface area is 247 Å². The number of nitrogens with zero attached hydrogens (tertiary/aromatic N) is 6. The van der Waals surface area contributed by atoms with E-state index in [9.17, 15) is 9.59 Å². The zero-order chi connectivity index (χ0) is 29.1. The van der Waals surface area contributed by atoms with E-state index in [2.05, 4.69) is 45.3 Å². The Bertz CT molecular complexity index is 2000. The smallest absolute Gasteiger partial charge is 0.278 e. The molecular formula is C32H32N8O3. The first-order valence-corrected chi connectivity index (χ1v) is 14.8. The van der Waals surface area contributed by atoms with Crippen LogP contribution in [-0.2, 0) is 17.9 Å². The van der Waals surface area contributed by atoms with E-state index in [-0.39, 0.29) is 23.6 Å². The summed E-state index contributed by atoms with van der Waals surface area (Å²) in [4.78, 5) is 37.4. The second-order valence-electron chi connectivity index (χ2n) is 11.7. The summed E-state index contributed by atoms with van der Waals surface area (Å²) in [6, 6.07) is 13.9. The molecule has 2 bridgehead atoms. The number of ether oxygens (including phenoxy) is 1. The number of carbonyl (C=O) groups excluding carboxylic acids is 1. The molecule has 218 valence electrons. The summed E-state index contributed by atoms with van der Waals surface area (Å²) in [5.41, 5.74) is 10.0. The van der Waals surface area contributed by atoms with Crippen molar-refractivity contribution < 1.29 is 9.53 Å². The van der Waals surface area contributed by atoms with Crippen LogP contribution < -0.4 is 26.2 Å². The highest BCUT2D eigenvalue weighted by molar-refractivity contribution is 5.98. The van der Waals surface area contributed by atoms with Crippen molar-refractivity contribution in [2.75, 3.05) is 23.4 Å². The monoisotopic (exact) mass is 576 g/mol. The number of rotatable bonds is 5. The molecule has 3 aromatic heterocycles. The summed E-state index contributed by atoms with van der Waals surface area (Å²) >= 11 is 0. The van der Waals surface area contributed by atoms with E-state index in [0.29, 0.717) is 47.2 Å². The number of nitrogens with one attached hydrogen (secondary N) is 1. The Morgan fingerprint density at radius 3 is 2.86 bits per heavy atom. The molecule has 5 aromatic rings. The third kappa shape index (κ3) is 4.56. The van der Waals surface area contributed by atoms with Crippen molar-refractivity contribution in [2.24, 2.45) is 5.73 Å². The second kappa shape index (κ2) is 9.84. The first-order valence-electron chi connectivity index (χ1n) is 14.8. The lowest BCUT2D eigenvalue weighted by molar-refractivity contribution is -0.121. The first kappa shape index (κ1) is 25.8. The van der Waals surface area contributed by atoms with E-state index in [4.69, 9.17) is 15.5 Å². The van der Waals surface area contributed by atoms with Gasteiger partial charge >= 0.3 is 0 Å². The maximum Gasteiger partial charge on any atom is 0.278 e. The van der Waals surface area contributed by atoms with E-state index < -0.39 is 0 Å². The summed E-state index contributed by atoms with van der Waals surface area (Å²) in [6.45, 7) is 1.90. The molecule has 0 spiro atoms. The fourth-order valence-electron chi connectivity index (χ4n) is 6.10. The van der Waals surface area contributed by atoms with Crippen molar-refractivity contribution >= 4 is 45.2 Å². The van der Waals surface area contributed by atoms with Crippen molar-refractivity contribution in [1.29, 1.82) is 0 Å². The van der Waals surface area contributed by atoms with Gasteiger partial charge < -0.3 is 25.3 Å². The van der Waals surface area contributed by atoms with Crippen LogP contribution in [-0.4, -0.2) is 48.5 Å². The number of allylic oxidation sites excluding steroid dienone is 2. The zero-order valence-electron chi connectivity index (χ0n) is 23.7. The average Bonchev–Trinajstić information content (AvgIpc) is 3.51. The minimum Gasteiger partial charge on any atom is -0.482 e. The van der Waals surface area contributed by atoms with Gasteiger partial charge in [-0.2, -0.15) is 4.98 Å². The predicted molar refractivity (Wildman–Crippen MR) is 165 cm³/mol. The van der Waals surface area contributed by atoms with Crippen molar-refractivity contribution in [1.82, 2.24) is 23.9 Å². The highest BCUT2D eigenvalue weighted by Crippen LogP contribution is 2.37. The van der Waals surface area contributed by atoms with Crippen LogP contribution in [0, 0.1) is 0 Å². The van der Waals surface area contributed by atoms with Crippen LogP contribution in [0.1, 0.15) is 32.1 Å². The van der Waals surface area contributed by atoms with Gasteiger partial charge in [-0.1, -0.05) is 12.2 Å². The molecule has 2 aromatic carbocycles. The molecule has 2 aliphatic heterocycles. The molecule has 11 nitrogen and oxygen atoms in total. The van der Waals surface area contributed by atoms with Gasteiger partial charge in [-0.25, -0.2) is 14.3 Å². The minimum atomic E-state index is -0.182. The van der Waals surface area contributed by atoms with Crippen LogP contribution in [0.25, 0.3) is 27.6 Å². The molecule has 0 unspecified atom stereocenters. The largest absolute Gasteiger partial charge is 0.482 e. The van der Waals surface area contributed by atoms with Crippen molar-refractivity contribution in [3.05, 3.63) is 77.4 Å². The van der Waals surface area contributed by atoms with Gasteiger partial charge in [-0.15, -0.1) is 0 Å². The number of nitrogens with two attached hydrogens (primary N) is 1. The van der Waals surface area contributed by atoms with Crippen molar-refractivity contribution in [2.45, 2.75) is 50.7 Å². The number of anilines is 3. The predicted octanol–water partition coefficient (Wildman–Crippen LogP) is 4.24. The fraction of sp³-hybridized carbons (Fsp3) is 0.312. The van der Waals surface area contributed by atoms with E-state index in [0.717, 1.165) is 55.2 Å². The normalized spacial score (nSPS) is 17.3. The summed E-state index contributed by atoms with van der Waals surface area (Å²) in [7, 11) is 0. The SMILES string of the molecule is NC1(CCn2ccc3cc(Nc4ncc5c(=O)n6n(c5n4)-c4ccc5c(c4)N(CCCC=CC6)C(=O)CO5)ccc32)CC1. The van der Waals surface area contributed by atoms with Gasteiger partial charge in [0, 0.05) is 47.6 Å². The van der Waals surface area contributed by atoms with Gasteiger partial charge in [0.05, 0.1) is 17.9 Å². The van der Waals surface area contributed by atoms with Crippen LogP contribution in [0.5, 0.6) is 5.75 Å². The molecule has 5 heterocycles. The molecule has 1 fully saturated rings. The Hall–Kier alpha value is -4.90. The maximum atomic E-state index is 13.6. The van der Waals surface area contributed by atoms with Crippen LogP contribution >= 0.6 is 0 Å². The Morgan fingerprint density at radius 2 is 1.98 bits per heavy atom. The van der Waals surface area contributed by atoms with Gasteiger partial charge in [0.1, 0.15) is 11.1 Å². The lowest BCUT2D eigenvalue weighted by Crippen LogP contribution is -2.39. The molecule has 8 rings (SSSR count). The van der Waals surface area contributed by atoms with Crippen LogP contribution in [0.2, 0.25) is 0 Å². The Balaban J connectivity index is 1.17. The molecule has 3 N–H and O–H groups in total. The molecular weight excluding hydrogens is 544 g/mol. The van der Waals surface area contributed by atoms with E-state index >= 15 is 0 Å². The van der Waals surface area contributed by atoms with Gasteiger partial charge in [0.15, 0.2) is 12.3 Å². The summed E-state index contributed by atoms with van der Waals surface area (Å²) < 4.78 is 11.4. The third-order valence-corrected chi connectivity index (χ3v) is 8.77. The van der Waals surface area contributed by atoms with E-state index in [1.54, 1.807) is 20.5 Å². The number of carbonyl (C=O) groups is 1. The van der Waals surface area contributed by atoms with Gasteiger partial charge in [-0.3, -0.25) is 9.59 Å². The molecule has 1 aliphatic carbocycles. The molecule has 1 saturated carbocycles. The van der Waals surface area contributed by atoms with Crippen molar-refractivity contribution in [3.8, 4) is 11.4 Å². The number of amides is 1. The van der Waals surface area contributed by atoms with E-state index in [1.165, 1.54) is 0 Å². The molecule has 0 atom stereocenters. The fourth-order valence-corrected chi connectivity index (χ4v) is 6.10. The lowest BCUT2D eigenvalue weighted by atomic mass is 10.1. The number of hydrogen-bond acceptors (Lipinski definition) is 7. The van der Waals surface area contributed by atoms with Gasteiger partial charge in [-0.05, 0) is 74.6 Å². The summed E-state index contributed by atoms with van der Waals surface area (Å²) in [5, 5.41) is 4.86. The Morgan fingerprint density at radius 1 is 1.07 bits per heavy atom. The van der Waals surface area contributed by atoms with E-state index in [1.807, 2.05) is 30.3 Å². The van der Waals surface area contributed by atoms with Gasteiger partial charge in [0.25, 0.3) is 11.5 Å². The first-order chi connectivity index (χ1) is 21.0. The maximum absolute atomic E-state index is 13.6. The molecule has 43 heavy (non-hydrogen) atoms. The average molecular weight is 577 g/mol. The topological polar surface area (TPSA) is 125 Å². The number of aryl methyl sites for hydroxylation is 1. The van der Waals surface area contributed by atoms with Crippen LogP contribution in [0.15, 0.2) is 71.8 Å². The molecule has 1 amide bonds. The lowest BCUT2D eigenvalue weighted by Gasteiger charge is -2.30. The highest BCUT2D eigenvalue weighted by atomic mass is 16.5. The molecule has 11 heteroatoms. The number of benzene rings is 2. The standard InChI is InChI=1S/C32H32N8O3/c33-32(10-11-32)12-16-37-15-9-21-17-22(5-7-25(21)37)35-31-34-19-24-29(36-31)40-23-6-8-27-26(18-23)38(28(41)20-43-27)13-3-1-2-4-14-39(40)30(24)42/h2,4-9,15,17-19H,1,3,10-14,16,20,33H2,(H,34,35,36). The second-order valence-corrected chi connectivity index (χ2v) is 11.7. The number of hydrogen-bond donors (Lipinski definition) is 2.